The van der Waals surface area contributed by atoms with Gasteiger partial charge in [0.25, 0.3) is 0 Å². The van der Waals surface area contributed by atoms with E-state index in [2.05, 4.69) is 36.3 Å². The standard InChI is InChI=1S/C18H22N6S/c1-23-7-4-19-18(23)17-9-15(20-12-21-17)8-14-2-5-24(6-3-14)10-16-11-25-13-22-16/h4,7,9,11-14H,2-3,5-6,8,10H2,1H3. The van der Waals surface area contributed by atoms with E-state index in [1.807, 2.05) is 23.3 Å². The molecule has 0 saturated carbocycles. The van der Waals surface area contributed by atoms with E-state index < -0.39 is 0 Å². The molecule has 0 unspecified atom stereocenters. The molecule has 0 bridgehead atoms. The third-order valence-corrected chi connectivity index (χ3v) is 5.48. The largest absolute Gasteiger partial charge is 0.333 e. The van der Waals surface area contributed by atoms with Gasteiger partial charge in [-0.05, 0) is 44.3 Å². The van der Waals surface area contributed by atoms with Crippen LogP contribution in [-0.4, -0.2) is 42.5 Å². The lowest BCUT2D eigenvalue weighted by molar-refractivity contribution is 0.175. The fraction of sp³-hybridized carbons (Fsp3) is 0.444. The normalized spacial score (nSPS) is 16.4. The van der Waals surface area contributed by atoms with E-state index in [4.69, 9.17) is 0 Å². The fourth-order valence-corrected chi connectivity index (χ4v) is 3.98. The fourth-order valence-electron chi connectivity index (χ4n) is 3.43. The van der Waals surface area contributed by atoms with Crippen LogP contribution in [0.5, 0.6) is 0 Å². The molecule has 25 heavy (non-hydrogen) atoms. The minimum atomic E-state index is 0.691. The number of nitrogens with zero attached hydrogens (tertiary/aromatic N) is 6. The van der Waals surface area contributed by atoms with Crippen LogP contribution in [0.25, 0.3) is 11.5 Å². The molecule has 0 atom stereocenters. The number of hydrogen-bond donors (Lipinski definition) is 0. The van der Waals surface area contributed by atoms with Crippen molar-refractivity contribution in [3.63, 3.8) is 0 Å². The van der Waals surface area contributed by atoms with Gasteiger partial charge in [-0.2, -0.15) is 0 Å². The molecule has 6 nitrogen and oxygen atoms in total. The Bertz CT molecular complexity index is 805. The molecular formula is C18H22N6S. The maximum atomic E-state index is 4.48. The lowest BCUT2D eigenvalue weighted by Gasteiger charge is -2.31. The highest BCUT2D eigenvalue weighted by atomic mass is 32.1. The van der Waals surface area contributed by atoms with Gasteiger partial charge in [-0.3, -0.25) is 4.90 Å². The average molecular weight is 354 g/mol. The Morgan fingerprint density at radius 2 is 2.00 bits per heavy atom. The Morgan fingerprint density at radius 3 is 2.72 bits per heavy atom. The lowest BCUT2D eigenvalue weighted by Crippen LogP contribution is -2.34. The van der Waals surface area contributed by atoms with Crippen molar-refractivity contribution in [2.75, 3.05) is 13.1 Å². The maximum absolute atomic E-state index is 4.48. The molecule has 1 saturated heterocycles. The third kappa shape index (κ3) is 3.93. The Balaban J connectivity index is 1.35. The summed E-state index contributed by atoms with van der Waals surface area (Å²) in [6.07, 6.45) is 8.85. The number of likely N-dealkylation sites (tertiary alicyclic amines) is 1. The van der Waals surface area contributed by atoms with Crippen molar-refractivity contribution in [3.8, 4) is 11.5 Å². The molecule has 3 aromatic rings. The first-order chi connectivity index (χ1) is 12.3. The maximum Gasteiger partial charge on any atom is 0.158 e. The Hall–Kier alpha value is -2.12. The van der Waals surface area contributed by atoms with Crippen molar-refractivity contribution in [1.29, 1.82) is 0 Å². The number of hydrogen-bond acceptors (Lipinski definition) is 6. The van der Waals surface area contributed by atoms with Gasteiger partial charge in [-0.15, -0.1) is 11.3 Å². The molecule has 0 radical (unpaired) electrons. The molecule has 4 rings (SSSR count). The molecule has 1 fully saturated rings. The summed E-state index contributed by atoms with van der Waals surface area (Å²) in [5.41, 5.74) is 5.12. The highest BCUT2D eigenvalue weighted by molar-refractivity contribution is 7.07. The average Bonchev–Trinajstić information content (AvgIpc) is 3.28. The van der Waals surface area contributed by atoms with Gasteiger partial charge in [0.2, 0.25) is 0 Å². The van der Waals surface area contributed by atoms with Gasteiger partial charge in [-0.25, -0.2) is 19.9 Å². The summed E-state index contributed by atoms with van der Waals surface area (Å²) >= 11 is 1.67. The van der Waals surface area contributed by atoms with Crippen LogP contribution in [0.4, 0.5) is 0 Å². The van der Waals surface area contributed by atoms with Crippen LogP contribution in [0.15, 0.2) is 35.7 Å². The summed E-state index contributed by atoms with van der Waals surface area (Å²) in [6.45, 7) is 3.26. The van der Waals surface area contributed by atoms with Crippen molar-refractivity contribution in [2.24, 2.45) is 13.0 Å². The summed E-state index contributed by atoms with van der Waals surface area (Å²) in [4.78, 5) is 20.1. The quantitative estimate of drug-likeness (QED) is 0.705. The molecule has 130 valence electrons. The summed E-state index contributed by atoms with van der Waals surface area (Å²) in [7, 11) is 1.99. The van der Waals surface area contributed by atoms with Crippen molar-refractivity contribution >= 4 is 11.3 Å². The molecule has 1 aliphatic rings. The van der Waals surface area contributed by atoms with Crippen molar-refractivity contribution < 1.29 is 0 Å². The van der Waals surface area contributed by atoms with E-state index in [9.17, 15) is 0 Å². The summed E-state index contributed by atoms with van der Waals surface area (Å²) < 4.78 is 1.99. The van der Waals surface area contributed by atoms with Gasteiger partial charge >= 0.3 is 0 Å². The zero-order chi connectivity index (χ0) is 17.1. The van der Waals surface area contributed by atoms with E-state index >= 15 is 0 Å². The number of imidazole rings is 1. The number of thiazole rings is 1. The van der Waals surface area contributed by atoms with E-state index in [0.29, 0.717) is 5.92 Å². The molecule has 0 aromatic carbocycles. The molecule has 1 aliphatic heterocycles. The summed E-state index contributed by atoms with van der Waals surface area (Å²) in [5, 5.41) is 2.14. The molecule has 7 heteroatoms. The molecular weight excluding hydrogens is 332 g/mol. The second-order valence-electron chi connectivity index (χ2n) is 6.66. The van der Waals surface area contributed by atoms with E-state index in [1.165, 1.54) is 18.5 Å². The first kappa shape index (κ1) is 16.4. The lowest BCUT2D eigenvalue weighted by atomic mass is 9.92. The second kappa shape index (κ2) is 7.41. The van der Waals surface area contributed by atoms with Crippen molar-refractivity contribution in [3.05, 3.63) is 47.1 Å². The zero-order valence-electron chi connectivity index (χ0n) is 14.4. The number of aryl methyl sites for hydroxylation is 1. The van der Waals surface area contributed by atoms with Gasteiger partial charge in [0.15, 0.2) is 5.82 Å². The first-order valence-corrected chi connectivity index (χ1v) is 9.60. The Morgan fingerprint density at radius 1 is 1.12 bits per heavy atom. The van der Waals surface area contributed by atoms with Gasteiger partial charge in [0, 0.05) is 37.1 Å². The highest BCUT2D eigenvalue weighted by Crippen LogP contribution is 2.23. The predicted octanol–water partition coefficient (Wildman–Crippen LogP) is 2.79. The highest BCUT2D eigenvalue weighted by Gasteiger charge is 2.20. The van der Waals surface area contributed by atoms with E-state index in [1.54, 1.807) is 23.9 Å². The van der Waals surface area contributed by atoms with Crippen molar-refractivity contribution in [2.45, 2.75) is 25.8 Å². The number of piperidine rings is 1. The summed E-state index contributed by atoms with van der Waals surface area (Å²) in [6, 6.07) is 2.09. The molecule has 3 aromatic heterocycles. The monoisotopic (exact) mass is 354 g/mol. The Labute approximate surface area is 151 Å². The van der Waals surface area contributed by atoms with Crippen LogP contribution in [0.1, 0.15) is 24.2 Å². The summed E-state index contributed by atoms with van der Waals surface area (Å²) in [5.74, 6) is 1.58. The van der Waals surface area contributed by atoms with Gasteiger partial charge in [0.05, 0.1) is 11.2 Å². The van der Waals surface area contributed by atoms with Crippen LogP contribution < -0.4 is 0 Å². The SMILES string of the molecule is Cn1ccnc1-c1cc(CC2CCN(Cc3cscn3)CC2)ncn1. The number of aromatic nitrogens is 5. The van der Waals surface area contributed by atoms with Gasteiger partial charge in [-0.1, -0.05) is 0 Å². The number of rotatable bonds is 5. The van der Waals surface area contributed by atoms with Crippen LogP contribution in [0, 0.1) is 5.92 Å². The van der Waals surface area contributed by atoms with Crippen molar-refractivity contribution in [1.82, 2.24) is 29.4 Å². The second-order valence-corrected chi connectivity index (χ2v) is 7.38. The molecule has 4 heterocycles. The minimum Gasteiger partial charge on any atom is -0.333 e. The third-order valence-electron chi connectivity index (χ3n) is 4.85. The molecule has 0 spiro atoms. The van der Waals surface area contributed by atoms with E-state index in [0.717, 1.165) is 43.3 Å². The van der Waals surface area contributed by atoms with Crippen LogP contribution in [0.3, 0.4) is 0 Å². The van der Waals surface area contributed by atoms with Crippen LogP contribution in [0.2, 0.25) is 0 Å². The van der Waals surface area contributed by atoms with Crippen LogP contribution in [-0.2, 0) is 20.0 Å². The predicted molar refractivity (Wildman–Crippen MR) is 98.1 cm³/mol. The van der Waals surface area contributed by atoms with E-state index in [-0.39, 0.29) is 0 Å². The van der Waals surface area contributed by atoms with Crippen LogP contribution >= 0.6 is 11.3 Å². The minimum absolute atomic E-state index is 0.691. The smallest absolute Gasteiger partial charge is 0.158 e. The molecule has 0 aliphatic carbocycles. The first-order valence-electron chi connectivity index (χ1n) is 8.66. The topological polar surface area (TPSA) is 59.7 Å². The van der Waals surface area contributed by atoms with Gasteiger partial charge < -0.3 is 4.57 Å². The zero-order valence-corrected chi connectivity index (χ0v) is 15.2. The molecule has 0 amide bonds. The molecule has 0 N–H and O–H groups in total. The van der Waals surface area contributed by atoms with Gasteiger partial charge in [0.1, 0.15) is 12.0 Å². The Kier molecular flexibility index (Phi) is 4.85.